The molecule has 7 nitrogen and oxygen atoms in total. The zero-order valence-corrected chi connectivity index (χ0v) is 20.2. The molecule has 3 heterocycles. The number of allylic oxidation sites excluding steroid dienone is 2. The van der Waals surface area contributed by atoms with E-state index in [9.17, 15) is 15.0 Å². The molecule has 0 amide bonds. The predicted octanol–water partition coefficient (Wildman–Crippen LogP) is 2.31. The second-order valence-electron chi connectivity index (χ2n) is 11.7. The number of carbonyl (C=O) groups is 1. The number of ether oxygens (including phenoxy) is 3. The van der Waals surface area contributed by atoms with Crippen molar-refractivity contribution < 1.29 is 29.2 Å². The maximum absolute atomic E-state index is 12.1. The maximum atomic E-state index is 12.1. The Kier molecular flexibility index (Phi) is 4.51. The smallest absolute Gasteiger partial charge is 0.303 e. The topological polar surface area (TPSA) is 88.5 Å². The van der Waals surface area contributed by atoms with Gasteiger partial charge in [-0.3, -0.25) is 4.79 Å². The summed E-state index contributed by atoms with van der Waals surface area (Å²) >= 11 is 0. The van der Waals surface area contributed by atoms with E-state index in [-0.39, 0.29) is 17.3 Å². The third kappa shape index (κ3) is 2.46. The molecule has 33 heavy (non-hydrogen) atoms. The van der Waals surface area contributed by atoms with E-state index < -0.39 is 34.6 Å². The molecule has 1 spiro atoms. The van der Waals surface area contributed by atoms with Crippen molar-refractivity contribution in [2.24, 2.45) is 16.7 Å². The Morgan fingerprint density at radius 2 is 2.09 bits per heavy atom. The Balaban J connectivity index is 1.60. The van der Waals surface area contributed by atoms with Gasteiger partial charge in [0.1, 0.15) is 17.3 Å². The minimum Gasteiger partial charge on any atom is -0.458 e. The minimum absolute atomic E-state index is 0.257. The van der Waals surface area contributed by atoms with Crippen molar-refractivity contribution in [1.82, 2.24) is 4.90 Å². The summed E-state index contributed by atoms with van der Waals surface area (Å²) < 4.78 is 19.4. The Bertz CT molecular complexity index is 962. The molecule has 0 aromatic heterocycles. The first kappa shape index (κ1) is 22.2. The van der Waals surface area contributed by atoms with Gasteiger partial charge in [0.05, 0.1) is 12.7 Å². The van der Waals surface area contributed by atoms with Crippen molar-refractivity contribution in [1.29, 1.82) is 0 Å². The van der Waals surface area contributed by atoms with Gasteiger partial charge in [-0.15, -0.1) is 0 Å². The van der Waals surface area contributed by atoms with Crippen LogP contribution in [0.4, 0.5) is 0 Å². The highest BCUT2D eigenvalue weighted by Crippen LogP contribution is 2.75. The van der Waals surface area contributed by atoms with Crippen LogP contribution in [0.1, 0.15) is 59.3 Å². The highest BCUT2D eigenvalue weighted by molar-refractivity contribution is 5.67. The van der Waals surface area contributed by atoms with E-state index in [2.05, 4.69) is 31.0 Å². The number of fused-ring (bicyclic) bond motifs is 1. The lowest BCUT2D eigenvalue weighted by Crippen LogP contribution is -2.79. The molecule has 7 rings (SSSR count). The van der Waals surface area contributed by atoms with Crippen LogP contribution in [0.15, 0.2) is 23.3 Å². The number of rotatable bonds is 1. The number of likely N-dealkylation sites (N-methyl/N-ethyl adjacent to an activating group) is 1. The second-order valence-corrected chi connectivity index (χ2v) is 11.7. The molecule has 6 fully saturated rings. The first-order valence-corrected chi connectivity index (χ1v) is 12.5. The van der Waals surface area contributed by atoms with Crippen LogP contribution in [0.5, 0.6) is 0 Å². The van der Waals surface area contributed by atoms with Gasteiger partial charge in [0.15, 0.2) is 5.79 Å². The lowest BCUT2D eigenvalue weighted by Gasteiger charge is -2.72. The van der Waals surface area contributed by atoms with Crippen molar-refractivity contribution in [3.05, 3.63) is 23.3 Å². The van der Waals surface area contributed by atoms with Crippen LogP contribution >= 0.6 is 0 Å². The standard InChI is InChI=1S/C26H37NO6/c1-5-18-19(32-16(2)28)13-25-20-7-6-17-12-24(30)9-8-22(17,3)26(20,33-24)21(29)14-23(18,25)15-27(4)10-11-31-25/h5,7,17,19,21,29-30H,6,8-15H2,1-4H3/b18-5-/t17-,19?,21-,22+,23+,24-,25+,26+/m1/s1. The Hall–Kier alpha value is -1.25. The highest BCUT2D eigenvalue weighted by atomic mass is 16.7. The molecule has 4 bridgehead atoms. The van der Waals surface area contributed by atoms with Crippen molar-refractivity contribution >= 4 is 5.97 Å². The summed E-state index contributed by atoms with van der Waals surface area (Å²) in [7, 11) is 2.09. The van der Waals surface area contributed by atoms with E-state index >= 15 is 0 Å². The molecule has 182 valence electrons. The van der Waals surface area contributed by atoms with Crippen LogP contribution in [-0.2, 0) is 19.0 Å². The third-order valence-electron chi connectivity index (χ3n) is 10.3. The number of nitrogens with zero attached hydrogens (tertiary/aromatic N) is 1. The van der Waals surface area contributed by atoms with Crippen molar-refractivity contribution in [3.8, 4) is 0 Å². The van der Waals surface area contributed by atoms with Crippen LogP contribution in [-0.4, -0.2) is 77.0 Å². The van der Waals surface area contributed by atoms with E-state index in [4.69, 9.17) is 14.2 Å². The van der Waals surface area contributed by atoms with E-state index in [0.29, 0.717) is 38.8 Å². The van der Waals surface area contributed by atoms with E-state index in [1.165, 1.54) is 6.92 Å². The van der Waals surface area contributed by atoms with Gasteiger partial charge in [0, 0.05) is 50.1 Å². The number of esters is 1. The summed E-state index contributed by atoms with van der Waals surface area (Å²) in [6, 6.07) is 0. The second kappa shape index (κ2) is 6.70. The van der Waals surface area contributed by atoms with Crippen molar-refractivity contribution in [2.75, 3.05) is 26.7 Å². The first-order valence-electron chi connectivity index (χ1n) is 12.5. The summed E-state index contributed by atoms with van der Waals surface area (Å²) in [4.78, 5) is 14.4. The fourth-order valence-electron chi connectivity index (χ4n) is 9.05. The van der Waals surface area contributed by atoms with Gasteiger partial charge < -0.3 is 29.3 Å². The Morgan fingerprint density at radius 3 is 2.82 bits per heavy atom. The van der Waals surface area contributed by atoms with Gasteiger partial charge in [-0.2, -0.15) is 0 Å². The molecular formula is C26H37NO6. The summed E-state index contributed by atoms with van der Waals surface area (Å²) in [6.45, 7) is 7.74. The van der Waals surface area contributed by atoms with Gasteiger partial charge in [0.25, 0.3) is 0 Å². The average molecular weight is 460 g/mol. The Labute approximate surface area is 195 Å². The minimum atomic E-state index is -1.21. The molecule has 7 aliphatic rings. The molecule has 1 unspecified atom stereocenters. The molecule has 3 aliphatic heterocycles. The molecule has 7 heteroatoms. The quantitative estimate of drug-likeness (QED) is 0.460. The van der Waals surface area contributed by atoms with E-state index in [1.54, 1.807) is 0 Å². The summed E-state index contributed by atoms with van der Waals surface area (Å²) in [6.07, 6.45) is 6.95. The molecule has 2 N–H and O–H groups in total. The normalized spacial score (nSPS) is 54.2. The number of hydrogen-bond acceptors (Lipinski definition) is 7. The fourth-order valence-corrected chi connectivity index (χ4v) is 9.05. The van der Waals surface area contributed by atoms with Gasteiger partial charge in [-0.05, 0) is 50.3 Å². The van der Waals surface area contributed by atoms with Crippen LogP contribution in [0, 0.1) is 16.7 Å². The zero-order valence-electron chi connectivity index (χ0n) is 20.2. The van der Waals surface area contributed by atoms with E-state index in [0.717, 1.165) is 30.5 Å². The number of aliphatic hydroxyl groups is 2. The van der Waals surface area contributed by atoms with E-state index in [1.807, 2.05) is 6.92 Å². The average Bonchev–Trinajstić information content (AvgIpc) is 2.86. The molecular weight excluding hydrogens is 422 g/mol. The molecule has 8 atom stereocenters. The largest absolute Gasteiger partial charge is 0.458 e. The maximum Gasteiger partial charge on any atom is 0.303 e. The number of hydrogen-bond donors (Lipinski definition) is 2. The lowest BCUT2D eigenvalue weighted by atomic mass is 9.41. The predicted molar refractivity (Wildman–Crippen MR) is 120 cm³/mol. The fraction of sp³-hybridized carbons (Fsp3) is 0.808. The first-order chi connectivity index (χ1) is 15.6. The molecule has 0 radical (unpaired) electrons. The molecule has 0 aromatic rings. The van der Waals surface area contributed by atoms with Gasteiger partial charge >= 0.3 is 5.97 Å². The van der Waals surface area contributed by atoms with Crippen molar-refractivity contribution in [3.63, 3.8) is 0 Å². The zero-order chi connectivity index (χ0) is 23.4. The third-order valence-corrected chi connectivity index (χ3v) is 10.3. The molecule has 4 aliphatic carbocycles. The van der Waals surface area contributed by atoms with Crippen LogP contribution in [0.3, 0.4) is 0 Å². The Morgan fingerprint density at radius 1 is 1.30 bits per heavy atom. The summed E-state index contributed by atoms with van der Waals surface area (Å²) in [5, 5.41) is 23.5. The van der Waals surface area contributed by atoms with Gasteiger partial charge in [-0.25, -0.2) is 0 Å². The highest BCUT2D eigenvalue weighted by Gasteiger charge is 2.80. The van der Waals surface area contributed by atoms with Gasteiger partial charge in [-0.1, -0.05) is 19.1 Å². The summed E-state index contributed by atoms with van der Waals surface area (Å²) in [5.41, 5.74) is -0.532. The molecule has 3 saturated heterocycles. The summed E-state index contributed by atoms with van der Waals surface area (Å²) in [5.74, 6) is -1.26. The molecule has 0 aromatic carbocycles. The molecule has 3 saturated carbocycles. The van der Waals surface area contributed by atoms with Crippen molar-refractivity contribution in [2.45, 2.75) is 88.5 Å². The SMILES string of the molecule is C/C=C1/C(OC(C)=O)C[C@@]23OCCN(C)C[C@@]12C[C@@H](O)[C@]12O[C@]4(O)CC[C@@]1(C)[C@H](CC=C32)C4. The van der Waals surface area contributed by atoms with Crippen LogP contribution in [0.2, 0.25) is 0 Å². The number of carbonyl (C=O) groups excluding carboxylic acids is 1. The monoisotopic (exact) mass is 459 g/mol. The van der Waals surface area contributed by atoms with Crippen LogP contribution < -0.4 is 0 Å². The number of aliphatic hydroxyl groups excluding tert-OH is 1. The van der Waals surface area contributed by atoms with Gasteiger partial charge in [0.2, 0.25) is 0 Å². The lowest BCUT2D eigenvalue weighted by molar-refractivity contribution is -0.401. The van der Waals surface area contributed by atoms with Crippen LogP contribution in [0.25, 0.3) is 0 Å².